The van der Waals surface area contributed by atoms with Gasteiger partial charge in [0, 0.05) is 32.1 Å². The van der Waals surface area contributed by atoms with E-state index in [1.807, 2.05) is 24.3 Å². The molecular formula is C23H30N2O2. The Hall–Kier alpha value is -2.33. The van der Waals surface area contributed by atoms with Gasteiger partial charge in [0.25, 0.3) is 0 Å². The Morgan fingerprint density at radius 1 is 1.19 bits per heavy atom. The molecule has 1 atom stereocenters. The lowest BCUT2D eigenvalue weighted by Gasteiger charge is -2.35. The van der Waals surface area contributed by atoms with E-state index in [0.717, 1.165) is 50.2 Å². The van der Waals surface area contributed by atoms with Crippen LogP contribution in [0.4, 0.5) is 0 Å². The van der Waals surface area contributed by atoms with Gasteiger partial charge in [-0.25, -0.2) is 0 Å². The Bertz CT molecular complexity index is 760. The van der Waals surface area contributed by atoms with E-state index in [1.54, 1.807) is 7.11 Å². The Kier molecular flexibility index (Phi) is 6.88. The van der Waals surface area contributed by atoms with E-state index >= 15 is 0 Å². The minimum atomic E-state index is 0.119. The number of hydrogen-bond donors (Lipinski definition) is 1. The molecule has 2 aromatic carbocycles. The topological polar surface area (TPSA) is 41.6 Å². The van der Waals surface area contributed by atoms with Gasteiger partial charge in [0.15, 0.2) is 0 Å². The van der Waals surface area contributed by atoms with Crippen molar-refractivity contribution in [2.75, 3.05) is 20.2 Å². The van der Waals surface area contributed by atoms with Crippen LogP contribution in [0.5, 0.6) is 5.75 Å². The summed E-state index contributed by atoms with van der Waals surface area (Å²) in [6, 6.07) is 17.0. The van der Waals surface area contributed by atoms with Crippen molar-refractivity contribution in [2.24, 2.45) is 0 Å². The molecule has 0 aliphatic carbocycles. The molecule has 1 aliphatic heterocycles. The first-order valence-electron chi connectivity index (χ1n) is 9.90. The number of methoxy groups -OCH3 is 1. The molecule has 1 amide bonds. The minimum absolute atomic E-state index is 0.119. The number of ether oxygens (including phenoxy) is 1. The van der Waals surface area contributed by atoms with Crippen LogP contribution in [0.1, 0.15) is 36.5 Å². The van der Waals surface area contributed by atoms with E-state index in [1.165, 1.54) is 11.1 Å². The van der Waals surface area contributed by atoms with Crippen molar-refractivity contribution in [1.29, 1.82) is 0 Å². The lowest BCUT2D eigenvalue weighted by Crippen LogP contribution is -2.45. The second-order valence-electron chi connectivity index (χ2n) is 7.21. The van der Waals surface area contributed by atoms with Gasteiger partial charge in [-0.15, -0.1) is 0 Å². The molecule has 0 fully saturated rings. The molecule has 0 spiro atoms. The van der Waals surface area contributed by atoms with Gasteiger partial charge in [-0.3, -0.25) is 9.69 Å². The smallest absolute Gasteiger partial charge is 0.220 e. The average molecular weight is 367 g/mol. The molecule has 144 valence electrons. The first-order valence-corrected chi connectivity index (χ1v) is 9.90. The van der Waals surface area contributed by atoms with Gasteiger partial charge in [0.05, 0.1) is 7.11 Å². The summed E-state index contributed by atoms with van der Waals surface area (Å²) in [7, 11) is 1.66. The van der Waals surface area contributed by atoms with E-state index in [2.05, 4.69) is 41.4 Å². The molecule has 27 heavy (non-hydrogen) atoms. The number of rotatable bonds is 8. The third-order valence-corrected chi connectivity index (χ3v) is 5.46. The van der Waals surface area contributed by atoms with Crippen molar-refractivity contribution in [2.45, 2.75) is 45.2 Å². The van der Waals surface area contributed by atoms with Crippen LogP contribution in [0, 0.1) is 0 Å². The maximum absolute atomic E-state index is 12.3. The zero-order valence-corrected chi connectivity index (χ0v) is 16.4. The zero-order chi connectivity index (χ0) is 19.1. The zero-order valence-electron chi connectivity index (χ0n) is 16.4. The highest BCUT2D eigenvalue weighted by atomic mass is 16.5. The Labute approximate surface area is 162 Å². The molecular weight excluding hydrogens is 336 g/mol. The highest BCUT2D eigenvalue weighted by Crippen LogP contribution is 2.21. The number of amides is 1. The quantitative estimate of drug-likeness (QED) is 0.776. The second-order valence-corrected chi connectivity index (χ2v) is 7.21. The molecule has 0 bridgehead atoms. The maximum atomic E-state index is 12.3. The van der Waals surface area contributed by atoms with Crippen LogP contribution in [0.3, 0.4) is 0 Å². The van der Waals surface area contributed by atoms with Gasteiger partial charge in [0.1, 0.15) is 5.75 Å². The number of carbonyl (C=O) groups excluding carboxylic acids is 1. The number of aryl methyl sites for hydroxylation is 1. The SMILES string of the molecule is CC[C@@H](CNC(=O)CCc1cccc(OC)c1)N1CCc2ccccc2C1. The van der Waals surface area contributed by atoms with Crippen molar-refractivity contribution in [3.05, 3.63) is 65.2 Å². The van der Waals surface area contributed by atoms with E-state index < -0.39 is 0 Å². The molecule has 0 saturated heterocycles. The molecule has 0 unspecified atom stereocenters. The summed E-state index contributed by atoms with van der Waals surface area (Å²) >= 11 is 0. The highest BCUT2D eigenvalue weighted by molar-refractivity contribution is 5.76. The van der Waals surface area contributed by atoms with Crippen molar-refractivity contribution in [3.8, 4) is 5.75 Å². The molecule has 1 heterocycles. The minimum Gasteiger partial charge on any atom is -0.497 e. The van der Waals surface area contributed by atoms with E-state index in [9.17, 15) is 4.79 Å². The van der Waals surface area contributed by atoms with Gasteiger partial charge >= 0.3 is 0 Å². The van der Waals surface area contributed by atoms with Crippen LogP contribution in [-0.2, 0) is 24.2 Å². The number of carbonyl (C=O) groups is 1. The van der Waals surface area contributed by atoms with E-state index in [0.29, 0.717) is 12.5 Å². The summed E-state index contributed by atoms with van der Waals surface area (Å²) in [5.74, 6) is 0.956. The fraction of sp³-hybridized carbons (Fsp3) is 0.435. The fourth-order valence-electron chi connectivity index (χ4n) is 3.77. The van der Waals surface area contributed by atoms with Gasteiger partial charge in [-0.2, -0.15) is 0 Å². The van der Waals surface area contributed by atoms with Gasteiger partial charge in [0.2, 0.25) is 5.91 Å². The van der Waals surface area contributed by atoms with E-state index in [-0.39, 0.29) is 5.91 Å². The predicted octanol–water partition coefficient (Wildman–Crippen LogP) is 3.58. The number of benzene rings is 2. The van der Waals surface area contributed by atoms with Crippen molar-refractivity contribution in [3.63, 3.8) is 0 Å². The normalized spacial score (nSPS) is 15.0. The first kappa shape index (κ1) is 19.4. The largest absolute Gasteiger partial charge is 0.497 e. The summed E-state index contributed by atoms with van der Waals surface area (Å²) in [4.78, 5) is 14.8. The van der Waals surface area contributed by atoms with Crippen molar-refractivity contribution in [1.82, 2.24) is 10.2 Å². The van der Waals surface area contributed by atoms with Crippen LogP contribution >= 0.6 is 0 Å². The Morgan fingerprint density at radius 2 is 2.00 bits per heavy atom. The molecule has 4 heteroatoms. The number of nitrogens with one attached hydrogen (secondary N) is 1. The Balaban J connectivity index is 1.47. The molecule has 0 aromatic heterocycles. The summed E-state index contributed by atoms with van der Waals surface area (Å²) < 4.78 is 5.24. The summed E-state index contributed by atoms with van der Waals surface area (Å²) in [5.41, 5.74) is 4.02. The summed E-state index contributed by atoms with van der Waals surface area (Å²) in [6.45, 7) is 4.97. The number of hydrogen-bond acceptors (Lipinski definition) is 3. The van der Waals surface area contributed by atoms with Gasteiger partial charge in [-0.1, -0.05) is 43.3 Å². The van der Waals surface area contributed by atoms with Crippen molar-refractivity contribution < 1.29 is 9.53 Å². The molecule has 2 aromatic rings. The highest BCUT2D eigenvalue weighted by Gasteiger charge is 2.22. The lowest BCUT2D eigenvalue weighted by molar-refractivity contribution is -0.121. The Morgan fingerprint density at radius 3 is 2.78 bits per heavy atom. The van der Waals surface area contributed by atoms with Crippen LogP contribution in [0.2, 0.25) is 0 Å². The van der Waals surface area contributed by atoms with Crippen molar-refractivity contribution >= 4 is 5.91 Å². The summed E-state index contributed by atoms with van der Waals surface area (Å²) in [5, 5.41) is 3.14. The van der Waals surface area contributed by atoms with Crippen LogP contribution in [0.25, 0.3) is 0 Å². The van der Waals surface area contributed by atoms with Crippen LogP contribution < -0.4 is 10.1 Å². The lowest BCUT2D eigenvalue weighted by atomic mass is 9.98. The van der Waals surface area contributed by atoms with Gasteiger partial charge in [-0.05, 0) is 48.1 Å². The van der Waals surface area contributed by atoms with E-state index in [4.69, 9.17) is 4.74 Å². The van der Waals surface area contributed by atoms with Gasteiger partial charge < -0.3 is 10.1 Å². The summed E-state index contributed by atoms with van der Waals surface area (Å²) in [6.07, 6.45) is 3.37. The molecule has 4 nitrogen and oxygen atoms in total. The standard InChI is InChI=1S/C23H30N2O2/c1-3-21(25-14-13-19-8-4-5-9-20(19)17-25)16-24-23(26)12-11-18-7-6-10-22(15-18)27-2/h4-10,15,21H,3,11-14,16-17H2,1-2H3,(H,24,26)/t21-/m0/s1. The number of fused-ring (bicyclic) bond motifs is 1. The molecule has 0 radical (unpaired) electrons. The molecule has 3 rings (SSSR count). The van der Waals surface area contributed by atoms with Crippen LogP contribution in [0.15, 0.2) is 48.5 Å². The fourth-order valence-corrected chi connectivity index (χ4v) is 3.77. The third-order valence-electron chi connectivity index (χ3n) is 5.46. The number of nitrogens with zero attached hydrogens (tertiary/aromatic N) is 1. The third kappa shape index (κ3) is 5.33. The monoisotopic (exact) mass is 366 g/mol. The molecule has 1 aliphatic rings. The average Bonchev–Trinajstić information content (AvgIpc) is 2.72. The predicted molar refractivity (Wildman–Crippen MR) is 109 cm³/mol. The molecule has 1 N–H and O–H groups in total. The van der Waals surface area contributed by atoms with Crippen LogP contribution in [-0.4, -0.2) is 37.0 Å². The second kappa shape index (κ2) is 9.56. The first-order chi connectivity index (χ1) is 13.2. The molecule has 0 saturated carbocycles. The maximum Gasteiger partial charge on any atom is 0.220 e.